The minimum Gasteiger partial charge on any atom is -0.395 e. The van der Waals surface area contributed by atoms with Crippen LogP contribution in [0.3, 0.4) is 0 Å². The molecule has 0 saturated heterocycles. The molecule has 0 aromatic heterocycles. The molecule has 0 unspecified atom stereocenters. The van der Waals surface area contributed by atoms with Gasteiger partial charge in [-0.2, -0.15) is 0 Å². The summed E-state index contributed by atoms with van der Waals surface area (Å²) < 4.78 is 27.6. The zero-order chi connectivity index (χ0) is 19.3. The van der Waals surface area contributed by atoms with Gasteiger partial charge in [0.05, 0.1) is 27.8 Å². The van der Waals surface area contributed by atoms with Crippen molar-refractivity contribution in [2.24, 2.45) is 0 Å². The molecule has 2 aromatic carbocycles. The van der Waals surface area contributed by atoms with E-state index in [2.05, 4.69) is 10.0 Å². The standard InChI is InChI=1S/C17H21N3O5S/c1-12(2)13-3-6-15(7-4-13)26(24,25)19-17-11-14(20(22)23)5-8-16(17)18-9-10-21/h3-8,11-12,18-19,21H,9-10H2,1-2H3. The fourth-order valence-corrected chi connectivity index (χ4v) is 3.38. The van der Waals surface area contributed by atoms with Crippen molar-refractivity contribution in [3.63, 3.8) is 0 Å². The summed E-state index contributed by atoms with van der Waals surface area (Å²) in [6.45, 7) is 4.02. The van der Waals surface area contributed by atoms with E-state index in [1.165, 1.54) is 24.3 Å². The number of nitrogens with one attached hydrogen (secondary N) is 2. The first-order valence-electron chi connectivity index (χ1n) is 8.00. The van der Waals surface area contributed by atoms with Gasteiger partial charge in [0.25, 0.3) is 15.7 Å². The van der Waals surface area contributed by atoms with Gasteiger partial charge in [0.15, 0.2) is 0 Å². The van der Waals surface area contributed by atoms with Gasteiger partial charge in [0.1, 0.15) is 0 Å². The number of nitro groups is 1. The Morgan fingerprint density at radius 3 is 2.31 bits per heavy atom. The van der Waals surface area contributed by atoms with E-state index in [4.69, 9.17) is 5.11 Å². The third-order valence-corrected chi connectivity index (χ3v) is 5.12. The second-order valence-electron chi connectivity index (χ2n) is 5.97. The van der Waals surface area contributed by atoms with Gasteiger partial charge in [-0.05, 0) is 29.7 Å². The van der Waals surface area contributed by atoms with Crippen LogP contribution in [0.2, 0.25) is 0 Å². The smallest absolute Gasteiger partial charge is 0.271 e. The zero-order valence-electron chi connectivity index (χ0n) is 14.5. The quantitative estimate of drug-likeness (QED) is 0.479. The summed E-state index contributed by atoms with van der Waals surface area (Å²) in [5.41, 5.74) is 1.14. The molecule has 0 radical (unpaired) electrons. The Balaban J connectivity index is 2.37. The molecular weight excluding hydrogens is 358 g/mol. The van der Waals surface area contributed by atoms with E-state index in [9.17, 15) is 18.5 Å². The van der Waals surface area contributed by atoms with Crippen LogP contribution in [0.5, 0.6) is 0 Å². The molecule has 0 spiro atoms. The Labute approximate surface area is 152 Å². The highest BCUT2D eigenvalue weighted by molar-refractivity contribution is 7.92. The molecule has 0 atom stereocenters. The van der Waals surface area contributed by atoms with E-state index in [0.717, 1.165) is 11.6 Å². The van der Waals surface area contributed by atoms with E-state index < -0.39 is 14.9 Å². The zero-order valence-corrected chi connectivity index (χ0v) is 15.3. The number of nitro benzene ring substituents is 1. The first-order valence-corrected chi connectivity index (χ1v) is 9.49. The van der Waals surface area contributed by atoms with Crippen LogP contribution < -0.4 is 10.0 Å². The van der Waals surface area contributed by atoms with Gasteiger partial charge in [0, 0.05) is 18.7 Å². The fraction of sp³-hybridized carbons (Fsp3) is 0.294. The van der Waals surface area contributed by atoms with Gasteiger partial charge >= 0.3 is 0 Å². The van der Waals surface area contributed by atoms with Crippen molar-refractivity contribution in [1.29, 1.82) is 0 Å². The number of hydrogen-bond donors (Lipinski definition) is 3. The Kier molecular flexibility index (Phi) is 6.17. The molecule has 0 amide bonds. The third kappa shape index (κ3) is 4.70. The molecule has 0 aliphatic carbocycles. The van der Waals surface area contributed by atoms with Gasteiger partial charge in [-0.3, -0.25) is 14.8 Å². The van der Waals surface area contributed by atoms with E-state index in [1.807, 2.05) is 13.8 Å². The van der Waals surface area contributed by atoms with Crippen LogP contribution in [0.15, 0.2) is 47.4 Å². The summed E-state index contributed by atoms with van der Waals surface area (Å²) in [6, 6.07) is 10.3. The van der Waals surface area contributed by atoms with E-state index >= 15 is 0 Å². The third-order valence-electron chi connectivity index (χ3n) is 3.74. The number of nitrogens with zero attached hydrogens (tertiary/aromatic N) is 1. The van der Waals surface area contributed by atoms with Gasteiger partial charge < -0.3 is 10.4 Å². The molecule has 2 aromatic rings. The summed E-state index contributed by atoms with van der Waals surface area (Å²) in [4.78, 5) is 10.4. The highest BCUT2D eigenvalue weighted by atomic mass is 32.2. The van der Waals surface area contributed by atoms with Crippen LogP contribution in [0.4, 0.5) is 17.1 Å². The number of aliphatic hydroxyl groups is 1. The minimum atomic E-state index is -3.92. The fourth-order valence-electron chi connectivity index (χ4n) is 2.31. The predicted molar refractivity (Wildman–Crippen MR) is 100 cm³/mol. The maximum atomic E-state index is 12.6. The molecule has 3 N–H and O–H groups in total. The van der Waals surface area contributed by atoms with Crippen LogP contribution in [0, 0.1) is 10.1 Å². The van der Waals surface area contributed by atoms with Gasteiger partial charge in [0.2, 0.25) is 0 Å². The first-order chi connectivity index (χ1) is 12.2. The second kappa shape index (κ2) is 8.15. The van der Waals surface area contributed by atoms with Crippen LogP contribution in [-0.4, -0.2) is 31.6 Å². The molecule has 0 aliphatic heterocycles. The molecule has 2 rings (SSSR count). The van der Waals surface area contributed by atoms with Gasteiger partial charge in [-0.1, -0.05) is 26.0 Å². The maximum Gasteiger partial charge on any atom is 0.271 e. The molecule has 9 heteroatoms. The summed E-state index contributed by atoms with van der Waals surface area (Å²) in [6.07, 6.45) is 0. The second-order valence-corrected chi connectivity index (χ2v) is 7.65. The largest absolute Gasteiger partial charge is 0.395 e. The van der Waals surface area contributed by atoms with Crippen molar-refractivity contribution in [3.8, 4) is 0 Å². The SMILES string of the molecule is CC(C)c1ccc(S(=O)(=O)Nc2cc([N+](=O)[O-])ccc2NCCO)cc1. The summed E-state index contributed by atoms with van der Waals surface area (Å²) >= 11 is 0. The minimum absolute atomic E-state index is 0.0422. The topological polar surface area (TPSA) is 122 Å². The van der Waals surface area contributed by atoms with Crippen molar-refractivity contribution < 1.29 is 18.4 Å². The molecule has 8 nitrogen and oxygen atoms in total. The molecule has 0 saturated carbocycles. The Hall–Kier alpha value is -2.65. The lowest BCUT2D eigenvalue weighted by atomic mass is 10.0. The lowest BCUT2D eigenvalue weighted by Gasteiger charge is -2.14. The summed E-state index contributed by atoms with van der Waals surface area (Å²) in [5.74, 6) is 0.269. The molecular formula is C17H21N3O5S. The highest BCUT2D eigenvalue weighted by Crippen LogP contribution is 2.29. The number of hydrogen-bond acceptors (Lipinski definition) is 6. The number of sulfonamides is 1. The van der Waals surface area contributed by atoms with Gasteiger partial charge in [-0.15, -0.1) is 0 Å². The lowest BCUT2D eigenvalue weighted by Crippen LogP contribution is -2.15. The van der Waals surface area contributed by atoms with Gasteiger partial charge in [-0.25, -0.2) is 8.42 Å². The van der Waals surface area contributed by atoms with Crippen molar-refractivity contribution in [3.05, 3.63) is 58.1 Å². The molecule has 0 aliphatic rings. The van der Waals surface area contributed by atoms with Crippen molar-refractivity contribution in [2.45, 2.75) is 24.7 Å². The molecule has 0 bridgehead atoms. The average Bonchev–Trinajstić information content (AvgIpc) is 2.60. The van der Waals surface area contributed by atoms with Crippen LogP contribution in [-0.2, 0) is 10.0 Å². The number of rotatable bonds is 8. The highest BCUT2D eigenvalue weighted by Gasteiger charge is 2.19. The average molecular weight is 379 g/mol. The lowest BCUT2D eigenvalue weighted by molar-refractivity contribution is -0.384. The van der Waals surface area contributed by atoms with Crippen LogP contribution in [0.1, 0.15) is 25.3 Å². The van der Waals surface area contributed by atoms with E-state index in [-0.39, 0.29) is 35.3 Å². The molecule has 0 fully saturated rings. The van der Waals surface area contributed by atoms with Crippen molar-refractivity contribution in [1.82, 2.24) is 0 Å². The Morgan fingerprint density at radius 2 is 1.77 bits per heavy atom. The Morgan fingerprint density at radius 1 is 1.12 bits per heavy atom. The molecule has 0 heterocycles. The predicted octanol–water partition coefficient (Wildman–Crippen LogP) is 2.92. The van der Waals surface area contributed by atoms with Crippen LogP contribution >= 0.6 is 0 Å². The van der Waals surface area contributed by atoms with E-state index in [0.29, 0.717) is 5.69 Å². The Bertz CT molecular complexity index is 880. The monoisotopic (exact) mass is 379 g/mol. The van der Waals surface area contributed by atoms with Crippen LogP contribution in [0.25, 0.3) is 0 Å². The van der Waals surface area contributed by atoms with Crippen molar-refractivity contribution >= 4 is 27.1 Å². The molecule has 26 heavy (non-hydrogen) atoms. The number of non-ortho nitro benzene ring substituents is 1. The van der Waals surface area contributed by atoms with E-state index in [1.54, 1.807) is 12.1 Å². The number of aliphatic hydroxyl groups excluding tert-OH is 1. The molecule has 140 valence electrons. The maximum absolute atomic E-state index is 12.6. The normalized spacial score (nSPS) is 11.4. The summed E-state index contributed by atoms with van der Waals surface area (Å²) in [7, 11) is -3.92. The number of benzene rings is 2. The first kappa shape index (κ1) is 19.7. The summed E-state index contributed by atoms with van der Waals surface area (Å²) in [5, 5.41) is 22.7. The number of anilines is 2. The van der Waals surface area contributed by atoms with Crippen molar-refractivity contribution in [2.75, 3.05) is 23.2 Å².